The van der Waals surface area contributed by atoms with Crippen molar-refractivity contribution in [3.05, 3.63) is 17.5 Å². The van der Waals surface area contributed by atoms with E-state index in [1.165, 1.54) is 0 Å². The molecule has 0 aliphatic carbocycles. The van der Waals surface area contributed by atoms with Gasteiger partial charge in [-0.3, -0.25) is 9.78 Å². The molecule has 1 aromatic rings. The van der Waals surface area contributed by atoms with E-state index in [2.05, 4.69) is 14.5 Å². The van der Waals surface area contributed by atoms with E-state index in [9.17, 15) is 22.4 Å². The lowest BCUT2D eigenvalue weighted by atomic mass is 10.1. The predicted octanol–water partition coefficient (Wildman–Crippen LogP) is 2.09. The molecule has 1 heterocycles. The normalized spacial score (nSPS) is 11.2. The highest BCUT2D eigenvalue weighted by molar-refractivity contribution is 5.72. The molecule has 0 atom stereocenters. The first kappa shape index (κ1) is 15.0. The van der Waals surface area contributed by atoms with Crippen LogP contribution in [0.25, 0.3) is 0 Å². The number of methoxy groups -OCH3 is 1. The number of carboxylic acids is 1. The van der Waals surface area contributed by atoms with Crippen LogP contribution in [0.2, 0.25) is 0 Å². The quantitative estimate of drug-likeness (QED) is 0.838. The van der Waals surface area contributed by atoms with Crippen LogP contribution in [0.5, 0.6) is 11.5 Å². The summed E-state index contributed by atoms with van der Waals surface area (Å²) in [5.74, 6) is -2.84. The summed E-state index contributed by atoms with van der Waals surface area (Å²) in [6.45, 7) is -1.18. The fourth-order valence-corrected chi connectivity index (χ4v) is 1.37. The Morgan fingerprint density at radius 3 is 2.47 bits per heavy atom. The highest BCUT2D eigenvalue weighted by Crippen LogP contribution is 2.37. The number of carboxylic acid groups (broad SMARTS) is 1. The van der Waals surface area contributed by atoms with Gasteiger partial charge in [0.2, 0.25) is 0 Å². The first-order chi connectivity index (χ1) is 8.78. The molecule has 9 heteroatoms. The highest BCUT2D eigenvalue weighted by atomic mass is 19.4. The third-order valence-corrected chi connectivity index (χ3v) is 2.03. The fourth-order valence-electron chi connectivity index (χ4n) is 1.37. The Labute approximate surface area is 104 Å². The first-order valence-corrected chi connectivity index (χ1v) is 4.86. The molecule has 1 aromatic heterocycles. The zero-order valence-electron chi connectivity index (χ0n) is 9.62. The van der Waals surface area contributed by atoms with Gasteiger partial charge in [-0.05, 0) is 0 Å². The van der Waals surface area contributed by atoms with E-state index in [-0.39, 0.29) is 5.56 Å². The molecule has 0 aromatic carbocycles. The van der Waals surface area contributed by atoms with Gasteiger partial charge in [-0.2, -0.15) is 0 Å². The highest BCUT2D eigenvalue weighted by Gasteiger charge is 2.35. The molecule has 1 N–H and O–H groups in total. The summed E-state index contributed by atoms with van der Waals surface area (Å²) in [4.78, 5) is 14.1. The van der Waals surface area contributed by atoms with Crippen molar-refractivity contribution in [3.63, 3.8) is 0 Å². The molecule has 5 nitrogen and oxygen atoms in total. The van der Waals surface area contributed by atoms with Gasteiger partial charge in [-0.25, -0.2) is 4.39 Å². The Kier molecular flexibility index (Phi) is 4.52. The number of alkyl halides is 4. The third-order valence-electron chi connectivity index (χ3n) is 2.03. The summed E-state index contributed by atoms with van der Waals surface area (Å²) in [6.07, 6.45) is -5.01. The van der Waals surface area contributed by atoms with E-state index in [0.717, 1.165) is 13.3 Å². The third kappa shape index (κ3) is 3.97. The monoisotopic (exact) mass is 283 g/mol. The largest absolute Gasteiger partial charge is 0.573 e. The fraction of sp³-hybridized carbons (Fsp3) is 0.400. The van der Waals surface area contributed by atoms with Crippen molar-refractivity contribution < 1.29 is 36.9 Å². The smallest absolute Gasteiger partial charge is 0.491 e. The lowest BCUT2D eigenvalue weighted by molar-refractivity contribution is -0.275. The minimum Gasteiger partial charge on any atom is -0.491 e. The predicted molar refractivity (Wildman–Crippen MR) is 53.6 cm³/mol. The van der Waals surface area contributed by atoms with E-state index in [1.807, 2.05) is 0 Å². The summed E-state index contributed by atoms with van der Waals surface area (Å²) < 4.78 is 57.7. The molecule has 0 fully saturated rings. The molecule has 0 radical (unpaired) electrons. The second-order valence-corrected chi connectivity index (χ2v) is 3.34. The van der Waals surface area contributed by atoms with Gasteiger partial charge in [0.05, 0.1) is 13.5 Å². The van der Waals surface area contributed by atoms with Gasteiger partial charge in [0.1, 0.15) is 12.4 Å². The Balaban J connectivity index is 3.35. The zero-order valence-corrected chi connectivity index (χ0v) is 9.62. The number of aromatic nitrogens is 1. The van der Waals surface area contributed by atoms with Crippen LogP contribution in [0.4, 0.5) is 17.6 Å². The second kappa shape index (κ2) is 5.72. The van der Waals surface area contributed by atoms with Crippen LogP contribution >= 0.6 is 0 Å². The van der Waals surface area contributed by atoms with Crippen molar-refractivity contribution in [2.75, 3.05) is 7.11 Å². The molecule has 1 rings (SSSR count). The van der Waals surface area contributed by atoms with E-state index in [4.69, 9.17) is 5.11 Å². The molecule has 0 spiro atoms. The van der Waals surface area contributed by atoms with Gasteiger partial charge in [-0.15, -0.1) is 13.2 Å². The molecule has 0 saturated heterocycles. The molecule has 0 aliphatic rings. The summed E-state index contributed by atoms with van der Waals surface area (Å²) >= 11 is 0. The number of pyridine rings is 1. The lowest BCUT2D eigenvalue weighted by Gasteiger charge is -2.16. The molecule has 0 amide bonds. The first-order valence-electron chi connectivity index (χ1n) is 4.86. The number of carbonyl (C=O) groups is 1. The Morgan fingerprint density at radius 1 is 1.42 bits per heavy atom. The van der Waals surface area contributed by atoms with E-state index in [1.54, 1.807) is 0 Å². The lowest BCUT2D eigenvalue weighted by Crippen LogP contribution is -2.20. The van der Waals surface area contributed by atoms with Gasteiger partial charge in [0, 0.05) is 11.8 Å². The van der Waals surface area contributed by atoms with Crippen LogP contribution in [0.1, 0.15) is 11.3 Å². The van der Waals surface area contributed by atoms with E-state index >= 15 is 0 Å². The van der Waals surface area contributed by atoms with Gasteiger partial charge < -0.3 is 14.6 Å². The van der Waals surface area contributed by atoms with E-state index in [0.29, 0.717) is 0 Å². The van der Waals surface area contributed by atoms with Crippen molar-refractivity contribution >= 4 is 5.97 Å². The van der Waals surface area contributed by atoms with Crippen molar-refractivity contribution in [1.82, 2.24) is 4.98 Å². The zero-order chi connectivity index (χ0) is 14.6. The van der Waals surface area contributed by atoms with Crippen LogP contribution in [-0.2, 0) is 17.9 Å². The van der Waals surface area contributed by atoms with Gasteiger partial charge in [-0.1, -0.05) is 0 Å². The number of hydrogen-bond donors (Lipinski definition) is 1. The van der Waals surface area contributed by atoms with E-state index < -0.39 is 42.6 Å². The Morgan fingerprint density at radius 2 is 2.05 bits per heavy atom. The van der Waals surface area contributed by atoms with Crippen LogP contribution in [-0.4, -0.2) is 29.5 Å². The summed E-state index contributed by atoms with van der Waals surface area (Å²) in [6, 6.07) is 0. The summed E-state index contributed by atoms with van der Waals surface area (Å²) in [5.41, 5.74) is -0.769. The van der Waals surface area contributed by atoms with Gasteiger partial charge in [0.15, 0.2) is 11.5 Å². The number of halogens is 4. The van der Waals surface area contributed by atoms with Crippen LogP contribution in [0.15, 0.2) is 6.20 Å². The average molecular weight is 283 g/mol. The maximum Gasteiger partial charge on any atom is 0.573 e. The molecular weight excluding hydrogens is 274 g/mol. The summed E-state index contributed by atoms with van der Waals surface area (Å²) in [5, 5.41) is 8.60. The van der Waals surface area contributed by atoms with Crippen molar-refractivity contribution in [1.29, 1.82) is 0 Å². The van der Waals surface area contributed by atoms with Crippen molar-refractivity contribution in [2.45, 2.75) is 19.5 Å². The molecule has 0 aliphatic heterocycles. The van der Waals surface area contributed by atoms with Gasteiger partial charge >= 0.3 is 12.3 Å². The van der Waals surface area contributed by atoms with Gasteiger partial charge in [0.25, 0.3) is 0 Å². The van der Waals surface area contributed by atoms with Crippen molar-refractivity contribution in [3.8, 4) is 11.5 Å². The number of ether oxygens (including phenoxy) is 2. The molecule has 0 bridgehead atoms. The average Bonchev–Trinajstić information content (AvgIpc) is 2.28. The number of aliphatic carboxylic acids is 1. The maximum atomic E-state index is 12.6. The Bertz CT molecular complexity index is 475. The molecule has 19 heavy (non-hydrogen) atoms. The minimum absolute atomic E-state index is 0.362. The van der Waals surface area contributed by atoms with Crippen LogP contribution in [0, 0.1) is 0 Å². The number of hydrogen-bond acceptors (Lipinski definition) is 4. The van der Waals surface area contributed by atoms with Crippen molar-refractivity contribution in [2.24, 2.45) is 0 Å². The SMILES string of the molecule is COc1c(CF)ncc(CC(=O)O)c1OC(F)(F)F. The Hall–Kier alpha value is -2.06. The standard InChI is InChI=1S/C10H9F4NO4/c1-18-9-6(3-11)15-4-5(2-7(16)17)8(9)19-10(12,13)14/h4H,2-3H2,1H3,(H,16,17). The molecule has 0 saturated carbocycles. The topological polar surface area (TPSA) is 68.7 Å². The van der Waals surface area contributed by atoms with Crippen LogP contribution < -0.4 is 9.47 Å². The molecule has 106 valence electrons. The maximum absolute atomic E-state index is 12.6. The second-order valence-electron chi connectivity index (χ2n) is 3.34. The van der Waals surface area contributed by atoms with Crippen LogP contribution in [0.3, 0.4) is 0 Å². The summed E-state index contributed by atoms with van der Waals surface area (Å²) in [7, 11) is 1.00. The number of nitrogens with zero attached hydrogens (tertiary/aromatic N) is 1. The minimum atomic E-state index is -5.06. The molecule has 0 unspecified atom stereocenters. The number of rotatable bonds is 5. The molecular formula is C10H9F4NO4.